The maximum Gasteiger partial charge on any atom is 0.345 e. The predicted molar refractivity (Wildman–Crippen MR) is 110 cm³/mol. The van der Waals surface area contributed by atoms with Crippen molar-refractivity contribution in [2.75, 3.05) is 0 Å². The summed E-state index contributed by atoms with van der Waals surface area (Å²) in [5.74, 6) is 0. The predicted octanol–water partition coefficient (Wildman–Crippen LogP) is 6.47. The second kappa shape index (κ2) is 4.93. The third-order valence-corrected chi connectivity index (χ3v) is 6.29. The van der Waals surface area contributed by atoms with E-state index in [4.69, 9.17) is 4.42 Å². The van der Waals surface area contributed by atoms with Gasteiger partial charge in [-0.15, -0.1) is 11.3 Å². The molecular formula is C23H12O2S. The van der Waals surface area contributed by atoms with Gasteiger partial charge in [0.25, 0.3) is 0 Å². The van der Waals surface area contributed by atoms with E-state index in [1.54, 1.807) is 11.3 Å². The van der Waals surface area contributed by atoms with Gasteiger partial charge in [-0.05, 0) is 22.9 Å². The fourth-order valence-electron chi connectivity index (χ4n) is 4.04. The van der Waals surface area contributed by atoms with Crippen LogP contribution in [0.3, 0.4) is 0 Å². The molecule has 2 heterocycles. The van der Waals surface area contributed by atoms with Crippen LogP contribution in [-0.4, -0.2) is 0 Å². The van der Waals surface area contributed by atoms with Crippen LogP contribution < -0.4 is 5.63 Å². The Labute approximate surface area is 151 Å². The SMILES string of the molecule is O=c1oc2ccccc2c2c3ccccc3c3c4ccccc4sc3c12. The first-order valence-electron chi connectivity index (χ1n) is 8.50. The molecule has 3 heteroatoms. The molecule has 6 aromatic rings. The van der Waals surface area contributed by atoms with E-state index in [1.165, 1.54) is 15.5 Å². The van der Waals surface area contributed by atoms with Crippen LogP contribution in [0.1, 0.15) is 0 Å². The van der Waals surface area contributed by atoms with Gasteiger partial charge in [-0.2, -0.15) is 0 Å². The Bertz CT molecular complexity index is 1550. The normalized spacial score (nSPS) is 12.0. The minimum Gasteiger partial charge on any atom is -0.422 e. The highest BCUT2D eigenvalue weighted by molar-refractivity contribution is 7.27. The summed E-state index contributed by atoms with van der Waals surface area (Å²) >= 11 is 1.67. The molecule has 6 rings (SSSR count). The van der Waals surface area contributed by atoms with Gasteiger partial charge < -0.3 is 4.42 Å². The largest absolute Gasteiger partial charge is 0.422 e. The van der Waals surface area contributed by atoms with Crippen molar-refractivity contribution in [3.05, 3.63) is 83.2 Å². The number of rotatable bonds is 0. The fraction of sp³-hybridized carbons (Fsp3) is 0. The fourth-order valence-corrected chi connectivity index (χ4v) is 5.30. The van der Waals surface area contributed by atoms with Crippen molar-refractivity contribution in [1.82, 2.24) is 0 Å². The molecule has 0 aliphatic carbocycles. The molecule has 2 nitrogen and oxygen atoms in total. The molecule has 0 saturated carbocycles. The van der Waals surface area contributed by atoms with E-state index in [9.17, 15) is 4.79 Å². The molecule has 4 aromatic carbocycles. The summed E-state index contributed by atoms with van der Waals surface area (Å²) in [5.41, 5.74) is 0.372. The van der Waals surface area contributed by atoms with E-state index >= 15 is 0 Å². The number of para-hydroxylation sites is 1. The Morgan fingerprint density at radius 1 is 0.615 bits per heavy atom. The molecule has 0 saturated heterocycles. The number of hydrogen-bond donors (Lipinski definition) is 0. The smallest absolute Gasteiger partial charge is 0.345 e. The van der Waals surface area contributed by atoms with Gasteiger partial charge >= 0.3 is 5.63 Å². The summed E-state index contributed by atoms with van der Waals surface area (Å²) in [6.07, 6.45) is 0. The van der Waals surface area contributed by atoms with Crippen molar-refractivity contribution in [2.45, 2.75) is 0 Å². The molecule has 0 amide bonds. The lowest BCUT2D eigenvalue weighted by molar-refractivity contribution is 0.570. The van der Waals surface area contributed by atoms with E-state index in [2.05, 4.69) is 36.4 Å². The van der Waals surface area contributed by atoms with Gasteiger partial charge in [0.1, 0.15) is 5.58 Å². The highest BCUT2D eigenvalue weighted by Gasteiger charge is 2.18. The van der Waals surface area contributed by atoms with E-state index in [0.717, 1.165) is 26.2 Å². The molecule has 0 aliphatic rings. The average Bonchev–Trinajstić information content (AvgIpc) is 3.07. The van der Waals surface area contributed by atoms with Gasteiger partial charge in [-0.25, -0.2) is 4.79 Å². The summed E-state index contributed by atoms with van der Waals surface area (Å²) in [7, 11) is 0. The second-order valence-corrected chi connectivity index (χ2v) is 7.54. The van der Waals surface area contributed by atoms with Gasteiger partial charge in [-0.1, -0.05) is 60.7 Å². The van der Waals surface area contributed by atoms with Crippen LogP contribution >= 0.6 is 11.3 Å². The van der Waals surface area contributed by atoms with E-state index < -0.39 is 0 Å². The van der Waals surface area contributed by atoms with E-state index in [-0.39, 0.29) is 5.63 Å². The average molecular weight is 352 g/mol. The zero-order chi connectivity index (χ0) is 17.3. The van der Waals surface area contributed by atoms with Crippen LogP contribution in [0.15, 0.2) is 82.0 Å². The molecule has 0 radical (unpaired) electrons. The molecule has 0 aliphatic heterocycles. The Balaban J connectivity index is 2.10. The van der Waals surface area contributed by atoms with Crippen molar-refractivity contribution >= 4 is 64.0 Å². The molecule has 0 atom stereocenters. The minimum absolute atomic E-state index is 0.263. The van der Waals surface area contributed by atoms with Crippen LogP contribution in [0.25, 0.3) is 52.7 Å². The summed E-state index contributed by atoms with van der Waals surface area (Å²) in [5, 5.41) is 7.29. The van der Waals surface area contributed by atoms with Crippen molar-refractivity contribution < 1.29 is 4.42 Å². The first-order valence-corrected chi connectivity index (χ1v) is 9.32. The molecular weight excluding hydrogens is 340 g/mol. The van der Waals surface area contributed by atoms with Crippen molar-refractivity contribution in [3.8, 4) is 0 Å². The van der Waals surface area contributed by atoms with Gasteiger partial charge in [-0.3, -0.25) is 0 Å². The molecule has 122 valence electrons. The maximum absolute atomic E-state index is 13.0. The van der Waals surface area contributed by atoms with Crippen molar-refractivity contribution in [2.24, 2.45) is 0 Å². The maximum atomic E-state index is 13.0. The first kappa shape index (κ1) is 14.0. The molecule has 0 unspecified atom stereocenters. The molecule has 0 spiro atoms. The summed E-state index contributed by atoms with van der Waals surface area (Å²) < 4.78 is 7.88. The first-order chi connectivity index (χ1) is 12.8. The summed E-state index contributed by atoms with van der Waals surface area (Å²) in [6, 6.07) is 24.5. The number of thiophene rings is 1. The Morgan fingerprint density at radius 2 is 1.23 bits per heavy atom. The monoisotopic (exact) mass is 352 g/mol. The van der Waals surface area contributed by atoms with E-state index in [0.29, 0.717) is 11.0 Å². The van der Waals surface area contributed by atoms with E-state index in [1.807, 2.05) is 36.4 Å². The van der Waals surface area contributed by atoms with Gasteiger partial charge in [0.05, 0.1) is 10.1 Å². The summed E-state index contributed by atoms with van der Waals surface area (Å²) in [4.78, 5) is 13.0. The topological polar surface area (TPSA) is 30.2 Å². The molecule has 0 fully saturated rings. The van der Waals surface area contributed by atoms with Gasteiger partial charge in [0.15, 0.2) is 0 Å². The highest BCUT2D eigenvalue weighted by atomic mass is 32.1. The Morgan fingerprint density at radius 3 is 2.04 bits per heavy atom. The third-order valence-electron chi connectivity index (χ3n) is 5.10. The molecule has 2 aromatic heterocycles. The lowest BCUT2D eigenvalue weighted by atomic mass is 9.96. The van der Waals surface area contributed by atoms with Crippen LogP contribution in [0, 0.1) is 0 Å². The van der Waals surface area contributed by atoms with Gasteiger partial charge in [0.2, 0.25) is 0 Å². The molecule has 0 N–H and O–H groups in total. The van der Waals surface area contributed by atoms with Crippen LogP contribution in [0.2, 0.25) is 0 Å². The molecule has 26 heavy (non-hydrogen) atoms. The standard InChI is InChI=1S/C23H12O2S/c24-23-21-19(15-9-3-5-11-17(15)25-23)13-7-1-2-8-14(13)20-16-10-4-6-12-18(16)26-22(20)21/h1-12H. The third kappa shape index (κ3) is 1.68. The number of fused-ring (bicyclic) bond motifs is 10. The zero-order valence-electron chi connectivity index (χ0n) is 13.7. The van der Waals surface area contributed by atoms with Crippen LogP contribution in [-0.2, 0) is 0 Å². The van der Waals surface area contributed by atoms with Crippen LogP contribution in [0.5, 0.6) is 0 Å². The second-order valence-electron chi connectivity index (χ2n) is 6.48. The quantitative estimate of drug-likeness (QED) is 0.232. The highest BCUT2D eigenvalue weighted by Crippen LogP contribution is 2.44. The van der Waals surface area contributed by atoms with Crippen LogP contribution in [0.4, 0.5) is 0 Å². The Kier molecular flexibility index (Phi) is 2.66. The summed E-state index contributed by atoms with van der Waals surface area (Å²) in [6.45, 7) is 0. The van der Waals surface area contributed by atoms with Crippen molar-refractivity contribution in [1.29, 1.82) is 0 Å². The number of benzene rings is 4. The number of hydrogen-bond acceptors (Lipinski definition) is 3. The molecule has 0 bridgehead atoms. The van der Waals surface area contributed by atoms with Gasteiger partial charge in [0, 0.05) is 26.2 Å². The minimum atomic E-state index is -0.263. The lowest BCUT2D eigenvalue weighted by Crippen LogP contribution is -2.00. The Hall–Kier alpha value is -3.17. The lowest BCUT2D eigenvalue weighted by Gasteiger charge is -2.09. The zero-order valence-corrected chi connectivity index (χ0v) is 14.5. The van der Waals surface area contributed by atoms with Crippen molar-refractivity contribution in [3.63, 3.8) is 0 Å².